The molecule has 0 aliphatic heterocycles. The van der Waals surface area contributed by atoms with E-state index in [1.165, 1.54) is 6.20 Å². The Hall–Kier alpha value is -2.69. The molecule has 5 heteroatoms. The summed E-state index contributed by atoms with van der Waals surface area (Å²) in [5.41, 5.74) is 4.09. The van der Waals surface area contributed by atoms with E-state index in [4.69, 9.17) is 9.15 Å². The predicted molar refractivity (Wildman–Crippen MR) is 96.5 cm³/mol. The Kier molecular flexibility index (Phi) is 4.33. The molecule has 5 nitrogen and oxygen atoms in total. The van der Waals surface area contributed by atoms with Gasteiger partial charge in [0.15, 0.2) is 5.58 Å². The van der Waals surface area contributed by atoms with Crippen LogP contribution in [0.1, 0.15) is 49.2 Å². The zero-order valence-electron chi connectivity index (χ0n) is 15.2. The lowest BCUT2D eigenvalue weighted by molar-refractivity contribution is 0.00690. The van der Waals surface area contributed by atoms with Gasteiger partial charge in [0, 0.05) is 6.20 Å². The molecule has 0 fully saturated rings. The molecule has 2 heterocycles. The van der Waals surface area contributed by atoms with E-state index in [1.54, 1.807) is 6.07 Å². The SMILES string of the molecule is CCc1cc(C(=O)OC(C)(C)C)cnc1-c1nc2cc(C)ccc2o1. The molecule has 0 radical (unpaired) electrons. The van der Waals surface area contributed by atoms with Crippen LogP contribution in [0.3, 0.4) is 0 Å². The number of carbonyl (C=O) groups is 1. The van der Waals surface area contributed by atoms with E-state index in [9.17, 15) is 4.79 Å². The lowest BCUT2D eigenvalue weighted by Crippen LogP contribution is -2.24. The highest BCUT2D eigenvalue weighted by Gasteiger charge is 2.20. The summed E-state index contributed by atoms with van der Waals surface area (Å²) < 4.78 is 11.3. The van der Waals surface area contributed by atoms with Crippen molar-refractivity contribution in [2.75, 3.05) is 0 Å². The van der Waals surface area contributed by atoms with Gasteiger partial charge in [-0.1, -0.05) is 13.0 Å². The fraction of sp³-hybridized carbons (Fsp3) is 0.350. The summed E-state index contributed by atoms with van der Waals surface area (Å²) >= 11 is 0. The minimum Gasteiger partial charge on any atom is -0.456 e. The van der Waals surface area contributed by atoms with Crippen LogP contribution < -0.4 is 0 Å². The number of aryl methyl sites for hydroxylation is 2. The molecule has 0 amide bonds. The Bertz CT molecular complexity index is 936. The number of pyridine rings is 1. The van der Waals surface area contributed by atoms with Gasteiger partial charge in [-0.3, -0.25) is 0 Å². The van der Waals surface area contributed by atoms with E-state index >= 15 is 0 Å². The topological polar surface area (TPSA) is 65.2 Å². The number of carbonyl (C=O) groups excluding carboxylic acids is 1. The van der Waals surface area contributed by atoms with Crippen LogP contribution in [0.25, 0.3) is 22.7 Å². The zero-order valence-corrected chi connectivity index (χ0v) is 15.2. The van der Waals surface area contributed by atoms with Gasteiger partial charge in [-0.05, 0) is 63.4 Å². The number of ether oxygens (including phenoxy) is 1. The van der Waals surface area contributed by atoms with Crippen LogP contribution in [0.5, 0.6) is 0 Å². The number of benzene rings is 1. The molecule has 25 heavy (non-hydrogen) atoms. The lowest BCUT2D eigenvalue weighted by atomic mass is 10.1. The van der Waals surface area contributed by atoms with Gasteiger partial charge in [0.2, 0.25) is 5.89 Å². The number of oxazole rings is 1. The standard InChI is InChI=1S/C20H22N2O3/c1-6-13-10-14(19(23)25-20(3,4)5)11-21-17(13)18-22-15-9-12(2)7-8-16(15)24-18/h7-11H,6H2,1-5H3. The van der Waals surface area contributed by atoms with Gasteiger partial charge < -0.3 is 9.15 Å². The van der Waals surface area contributed by atoms with Gasteiger partial charge in [-0.2, -0.15) is 0 Å². The fourth-order valence-electron chi connectivity index (χ4n) is 2.56. The molecule has 0 unspecified atom stereocenters. The summed E-state index contributed by atoms with van der Waals surface area (Å²) in [6.07, 6.45) is 2.22. The van der Waals surface area contributed by atoms with Gasteiger partial charge in [-0.15, -0.1) is 0 Å². The van der Waals surface area contributed by atoms with Crippen molar-refractivity contribution in [3.05, 3.63) is 47.2 Å². The van der Waals surface area contributed by atoms with E-state index in [1.807, 2.05) is 52.8 Å². The average Bonchev–Trinajstić information content (AvgIpc) is 2.95. The molecule has 1 aromatic carbocycles. The Morgan fingerprint density at radius 2 is 2.00 bits per heavy atom. The third-order valence-electron chi connectivity index (χ3n) is 3.73. The quantitative estimate of drug-likeness (QED) is 0.647. The number of hydrogen-bond donors (Lipinski definition) is 0. The molecule has 0 bridgehead atoms. The molecule has 3 aromatic rings. The van der Waals surface area contributed by atoms with Crippen LogP contribution in [-0.4, -0.2) is 21.5 Å². The minimum atomic E-state index is -0.541. The summed E-state index contributed by atoms with van der Waals surface area (Å²) in [6, 6.07) is 7.67. The lowest BCUT2D eigenvalue weighted by Gasteiger charge is -2.19. The third kappa shape index (κ3) is 3.71. The van der Waals surface area contributed by atoms with E-state index in [2.05, 4.69) is 9.97 Å². The summed E-state index contributed by atoms with van der Waals surface area (Å²) in [6.45, 7) is 9.54. The molecule has 0 saturated carbocycles. The Balaban J connectivity index is 2.00. The molecule has 3 rings (SSSR count). The van der Waals surface area contributed by atoms with Gasteiger partial charge in [-0.25, -0.2) is 14.8 Å². The molecule has 0 aliphatic carbocycles. The molecular formula is C20H22N2O3. The van der Waals surface area contributed by atoms with Gasteiger partial charge in [0.05, 0.1) is 5.56 Å². The van der Waals surface area contributed by atoms with Crippen LogP contribution in [0.15, 0.2) is 34.9 Å². The maximum atomic E-state index is 12.3. The van der Waals surface area contributed by atoms with Crippen molar-refractivity contribution in [2.24, 2.45) is 0 Å². The normalized spacial score (nSPS) is 11.7. The highest BCUT2D eigenvalue weighted by molar-refractivity contribution is 5.90. The Morgan fingerprint density at radius 3 is 2.68 bits per heavy atom. The van der Waals surface area contributed by atoms with E-state index in [-0.39, 0.29) is 5.97 Å². The van der Waals surface area contributed by atoms with Crippen molar-refractivity contribution in [2.45, 2.75) is 46.6 Å². The van der Waals surface area contributed by atoms with Crippen LogP contribution >= 0.6 is 0 Å². The molecule has 0 aliphatic rings. The first kappa shape index (κ1) is 17.1. The zero-order chi connectivity index (χ0) is 18.2. The van der Waals surface area contributed by atoms with Crippen LogP contribution in [0.4, 0.5) is 0 Å². The number of hydrogen-bond acceptors (Lipinski definition) is 5. The smallest absolute Gasteiger partial charge is 0.340 e. The van der Waals surface area contributed by atoms with Crippen molar-refractivity contribution in [3.8, 4) is 11.6 Å². The summed E-state index contributed by atoms with van der Waals surface area (Å²) in [4.78, 5) is 21.2. The second-order valence-electron chi connectivity index (χ2n) is 7.08. The first-order chi connectivity index (χ1) is 11.8. The number of fused-ring (bicyclic) bond motifs is 1. The molecule has 0 saturated heterocycles. The number of rotatable bonds is 3. The second kappa shape index (κ2) is 6.31. The van der Waals surface area contributed by atoms with Crippen LogP contribution in [0.2, 0.25) is 0 Å². The largest absolute Gasteiger partial charge is 0.456 e. The maximum absolute atomic E-state index is 12.3. The summed E-state index contributed by atoms with van der Waals surface area (Å²) in [7, 11) is 0. The second-order valence-corrected chi connectivity index (χ2v) is 7.08. The monoisotopic (exact) mass is 338 g/mol. The van der Waals surface area contributed by atoms with Crippen LogP contribution in [-0.2, 0) is 11.2 Å². The first-order valence-electron chi connectivity index (χ1n) is 8.36. The van der Waals surface area contributed by atoms with Crippen LogP contribution in [0, 0.1) is 6.92 Å². The average molecular weight is 338 g/mol. The molecule has 0 N–H and O–H groups in total. The molecule has 130 valence electrons. The van der Waals surface area contributed by atoms with E-state index in [0.29, 0.717) is 23.6 Å². The van der Waals surface area contributed by atoms with Crippen molar-refractivity contribution in [1.29, 1.82) is 0 Å². The summed E-state index contributed by atoms with van der Waals surface area (Å²) in [5.74, 6) is 0.0858. The molecule has 0 spiro atoms. The molecule has 2 aromatic heterocycles. The van der Waals surface area contributed by atoms with Crippen molar-refractivity contribution < 1.29 is 13.9 Å². The molecular weight excluding hydrogens is 316 g/mol. The van der Waals surface area contributed by atoms with Gasteiger partial charge >= 0.3 is 5.97 Å². The maximum Gasteiger partial charge on any atom is 0.340 e. The van der Waals surface area contributed by atoms with Crippen molar-refractivity contribution >= 4 is 17.1 Å². The Morgan fingerprint density at radius 1 is 1.24 bits per heavy atom. The minimum absolute atomic E-state index is 0.380. The van der Waals surface area contributed by atoms with Gasteiger partial charge in [0.1, 0.15) is 16.8 Å². The highest BCUT2D eigenvalue weighted by Crippen LogP contribution is 2.27. The van der Waals surface area contributed by atoms with Crippen molar-refractivity contribution in [3.63, 3.8) is 0 Å². The first-order valence-corrected chi connectivity index (χ1v) is 8.36. The van der Waals surface area contributed by atoms with Crippen molar-refractivity contribution in [1.82, 2.24) is 9.97 Å². The Labute approximate surface area is 147 Å². The number of aromatic nitrogens is 2. The molecule has 0 atom stereocenters. The fourth-order valence-corrected chi connectivity index (χ4v) is 2.56. The van der Waals surface area contributed by atoms with E-state index in [0.717, 1.165) is 22.2 Å². The highest BCUT2D eigenvalue weighted by atomic mass is 16.6. The predicted octanol–water partition coefficient (Wildman–Crippen LogP) is 4.72. The van der Waals surface area contributed by atoms with Gasteiger partial charge in [0.25, 0.3) is 0 Å². The van der Waals surface area contributed by atoms with E-state index < -0.39 is 5.60 Å². The summed E-state index contributed by atoms with van der Waals surface area (Å²) in [5, 5.41) is 0. The third-order valence-corrected chi connectivity index (χ3v) is 3.73. The number of nitrogens with zero attached hydrogens (tertiary/aromatic N) is 2. The number of esters is 1.